The van der Waals surface area contributed by atoms with E-state index in [0.717, 1.165) is 15.7 Å². The van der Waals surface area contributed by atoms with Gasteiger partial charge in [0, 0.05) is 30.8 Å². The third-order valence-electron chi connectivity index (χ3n) is 2.48. The Balaban J connectivity index is 1.92. The molecule has 1 N–H and O–H groups in total. The van der Waals surface area contributed by atoms with Crippen molar-refractivity contribution < 1.29 is 4.39 Å². The highest BCUT2D eigenvalue weighted by Gasteiger charge is 2.00. The number of aromatic nitrogens is 2. The molecule has 2 rings (SSSR count). The predicted octanol–water partition coefficient (Wildman–Crippen LogP) is 2.61. The van der Waals surface area contributed by atoms with E-state index in [1.54, 1.807) is 6.20 Å². The summed E-state index contributed by atoms with van der Waals surface area (Å²) in [7, 11) is 1.90. The van der Waals surface area contributed by atoms with Crippen LogP contribution in [-0.2, 0) is 20.1 Å². The maximum Gasteiger partial charge on any atom is 0.124 e. The van der Waals surface area contributed by atoms with Crippen molar-refractivity contribution >= 4 is 15.9 Å². The van der Waals surface area contributed by atoms with Gasteiger partial charge in [-0.3, -0.25) is 4.68 Å². The summed E-state index contributed by atoms with van der Waals surface area (Å²) < 4.78 is 15.7. The summed E-state index contributed by atoms with van der Waals surface area (Å²) >= 11 is 3.27. The average molecular weight is 298 g/mol. The van der Waals surface area contributed by atoms with Crippen LogP contribution in [0.25, 0.3) is 0 Å². The molecular formula is C12H13BrFN3. The van der Waals surface area contributed by atoms with Crippen LogP contribution in [0.1, 0.15) is 11.3 Å². The minimum atomic E-state index is -0.225. The van der Waals surface area contributed by atoms with E-state index in [1.165, 1.54) is 12.1 Å². The van der Waals surface area contributed by atoms with Crippen molar-refractivity contribution in [1.29, 1.82) is 0 Å². The van der Waals surface area contributed by atoms with Crippen LogP contribution in [0.3, 0.4) is 0 Å². The molecular weight excluding hydrogens is 285 g/mol. The minimum Gasteiger partial charge on any atom is -0.307 e. The number of benzene rings is 1. The number of aryl methyl sites for hydroxylation is 1. The lowest BCUT2D eigenvalue weighted by Gasteiger charge is -2.06. The van der Waals surface area contributed by atoms with Crippen molar-refractivity contribution in [2.75, 3.05) is 0 Å². The zero-order valence-corrected chi connectivity index (χ0v) is 11.0. The van der Waals surface area contributed by atoms with E-state index in [9.17, 15) is 4.39 Å². The van der Waals surface area contributed by atoms with Crippen LogP contribution in [-0.4, -0.2) is 9.78 Å². The molecule has 1 aromatic heterocycles. The molecule has 1 heterocycles. The number of hydrogen-bond donors (Lipinski definition) is 1. The standard InChI is InChI=1S/C12H13BrFN3/c1-17-12(2-3-16-17)8-15-7-9-4-10(13)6-11(14)5-9/h2-6,15H,7-8H2,1H3. The van der Waals surface area contributed by atoms with Gasteiger partial charge in [-0.25, -0.2) is 4.39 Å². The van der Waals surface area contributed by atoms with Gasteiger partial charge in [-0.05, 0) is 29.8 Å². The molecule has 3 nitrogen and oxygen atoms in total. The van der Waals surface area contributed by atoms with Gasteiger partial charge in [-0.1, -0.05) is 15.9 Å². The van der Waals surface area contributed by atoms with Gasteiger partial charge in [0.05, 0.1) is 5.69 Å². The summed E-state index contributed by atoms with van der Waals surface area (Å²) in [5.41, 5.74) is 2.01. The minimum absolute atomic E-state index is 0.225. The maximum absolute atomic E-state index is 13.1. The number of nitrogens with one attached hydrogen (secondary N) is 1. The van der Waals surface area contributed by atoms with Crippen molar-refractivity contribution in [2.45, 2.75) is 13.1 Å². The quantitative estimate of drug-likeness (QED) is 0.940. The summed E-state index contributed by atoms with van der Waals surface area (Å²) in [6.45, 7) is 1.34. The molecule has 1 aromatic carbocycles. The molecule has 5 heteroatoms. The molecule has 17 heavy (non-hydrogen) atoms. The third kappa shape index (κ3) is 3.38. The first-order valence-corrected chi connectivity index (χ1v) is 6.07. The van der Waals surface area contributed by atoms with Crippen LogP contribution in [0, 0.1) is 5.82 Å². The fourth-order valence-corrected chi connectivity index (χ4v) is 2.14. The molecule has 0 aliphatic rings. The maximum atomic E-state index is 13.1. The Labute approximate surface area is 108 Å². The third-order valence-corrected chi connectivity index (χ3v) is 2.94. The van der Waals surface area contributed by atoms with Crippen LogP contribution in [0.5, 0.6) is 0 Å². The van der Waals surface area contributed by atoms with Gasteiger partial charge < -0.3 is 5.32 Å². The highest BCUT2D eigenvalue weighted by atomic mass is 79.9. The summed E-state index contributed by atoms with van der Waals surface area (Å²) in [5, 5.41) is 7.33. The Morgan fingerprint density at radius 2 is 2.18 bits per heavy atom. The number of halogens is 2. The van der Waals surface area contributed by atoms with Gasteiger partial charge in [-0.15, -0.1) is 0 Å². The van der Waals surface area contributed by atoms with E-state index in [1.807, 2.05) is 23.9 Å². The van der Waals surface area contributed by atoms with Crippen molar-refractivity contribution in [2.24, 2.45) is 7.05 Å². The molecule has 90 valence electrons. The van der Waals surface area contributed by atoms with Gasteiger partial charge in [0.1, 0.15) is 5.82 Å². The SMILES string of the molecule is Cn1nccc1CNCc1cc(F)cc(Br)c1. The van der Waals surface area contributed by atoms with E-state index < -0.39 is 0 Å². The number of nitrogens with zero attached hydrogens (tertiary/aromatic N) is 2. The second kappa shape index (κ2) is 5.42. The predicted molar refractivity (Wildman–Crippen MR) is 67.9 cm³/mol. The topological polar surface area (TPSA) is 29.9 Å². The smallest absolute Gasteiger partial charge is 0.124 e. The Kier molecular flexibility index (Phi) is 3.91. The first kappa shape index (κ1) is 12.3. The molecule has 0 aliphatic heterocycles. The van der Waals surface area contributed by atoms with E-state index in [2.05, 4.69) is 26.3 Å². The normalized spacial score (nSPS) is 10.8. The molecule has 0 amide bonds. The second-order valence-corrected chi connectivity index (χ2v) is 4.74. The largest absolute Gasteiger partial charge is 0.307 e. The van der Waals surface area contributed by atoms with Crippen LogP contribution in [0.2, 0.25) is 0 Å². The lowest BCUT2D eigenvalue weighted by Crippen LogP contribution is -2.15. The van der Waals surface area contributed by atoms with Gasteiger partial charge in [0.15, 0.2) is 0 Å². The molecule has 0 spiro atoms. The second-order valence-electron chi connectivity index (χ2n) is 3.83. The van der Waals surface area contributed by atoms with Crippen molar-refractivity contribution in [3.63, 3.8) is 0 Å². The monoisotopic (exact) mass is 297 g/mol. The van der Waals surface area contributed by atoms with E-state index in [0.29, 0.717) is 13.1 Å². The zero-order valence-electron chi connectivity index (χ0n) is 9.45. The molecule has 0 saturated heterocycles. The molecule has 0 bridgehead atoms. The first-order valence-electron chi connectivity index (χ1n) is 5.28. The molecule has 0 radical (unpaired) electrons. The molecule has 0 atom stereocenters. The lowest BCUT2D eigenvalue weighted by molar-refractivity contribution is 0.609. The van der Waals surface area contributed by atoms with Crippen molar-refractivity contribution in [3.05, 3.63) is 52.0 Å². The average Bonchev–Trinajstić information content (AvgIpc) is 2.63. The van der Waals surface area contributed by atoms with Gasteiger partial charge in [0.25, 0.3) is 0 Å². The highest BCUT2D eigenvalue weighted by molar-refractivity contribution is 9.10. The van der Waals surface area contributed by atoms with Crippen molar-refractivity contribution in [1.82, 2.24) is 15.1 Å². The molecule has 0 fully saturated rings. The van der Waals surface area contributed by atoms with Gasteiger partial charge in [-0.2, -0.15) is 5.10 Å². The molecule has 0 unspecified atom stereocenters. The van der Waals surface area contributed by atoms with Crippen LogP contribution < -0.4 is 5.32 Å². The highest BCUT2D eigenvalue weighted by Crippen LogP contribution is 2.14. The molecule has 0 aliphatic carbocycles. The van der Waals surface area contributed by atoms with E-state index in [4.69, 9.17) is 0 Å². The Hall–Kier alpha value is -1.20. The summed E-state index contributed by atoms with van der Waals surface area (Å²) in [6, 6.07) is 6.83. The summed E-state index contributed by atoms with van der Waals surface area (Å²) in [5.74, 6) is -0.225. The Bertz CT molecular complexity index is 490. The Morgan fingerprint density at radius 3 is 2.82 bits per heavy atom. The molecule has 2 aromatic rings. The lowest BCUT2D eigenvalue weighted by atomic mass is 10.2. The number of rotatable bonds is 4. The van der Waals surface area contributed by atoms with Gasteiger partial charge >= 0.3 is 0 Å². The van der Waals surface area contributed by atoms with Crippen LogP contribution >= 0.6 is 15.9 Å². The zero-order chi connectivity index (χ0) is 12.3. The van der Waals surface area contributed by atoms with Gasteiger partial charge in [0.2, 0.25) is 0 Å². The fourth-order valence-electron chi connectivity index (χ4n) is 1.62. The van der Waals surface area contributed by atoms with Crippen LogP contribution in [0.15, 0.2) is 34.9 Å². The fraction of sp³-hybridized carbons (Fsp3) is 0.250. The summed E-state index contributed by atoms with van der Waals surface area (Å²) in [4.78, 5) is 0. The van der Waals surface area contributed by atoms with Crippen LogP contribution in [0.4, 0.5) is 4.39 Å². The van der Waals surface area contributed by atoms with Crippen molar-refractivity contribution in [3.8, 4) is 0 Å². The first-order chi connectivity index (χ1) is 8.15. The summed E-state index contributed by atoms with van der Waals surface area (Å²) in [6.07, 6.45) is 1.76. The number of hydrogen-bond acceptors (Lipinski definition) is 2. The van der Waals surface area contributed by atoms with E-state index >= 15 is 0 Å². The van der Waals surface area contributed by atoms with E-state index in [-0.39, 0.29) is 5.82 Å². The molecule has 0 saturated carbocycles. The Morgan fingerprint density at radius 1 is 1.35 bits per heavy atom.